The van der Waals surface area contributed by atoms with Gasteiger partial charge in [-0.2, -0.15) is 0 Å². The predicted octanol–water partition coefficient (Wildman–Crippen LogP) is 3.03. The lowest BCUT2D eigenvalue weighted by atomic mass is 9.92. The molecule has 0 aliphatic carbocycles. The van der Waals surface area contributed by atoms with Gasteiger partial charge in [0.1, 0.15) is 5.75 Å². The molecule has 120 valence electrons. The van der Waals surface area contributed by atoms with Crippen LogP contribution in [0.5, 0.6) is 5.75 Å². The van der Waals surface area contributed by atoms with Crippen molar-refractivity contribution >= 4 is 12.4 Å². The summed E-state index contributed by atoms with van der Waals surface area (Å²) in [4.78, 5) is 2.12. The molecule has 3 nitrogen and oxygen atoms in total. The third-order valence-electron chi connectivity index (χ3n) is 3.91. The Balaban J connectivity index is 0.00000220. The second-order valence-electron chi connectivity index (χ2n) is 5.42. The molecule has 0 spiro atoms. The number of aryl methyl sites for hydroxylation is 2. The van der Waals surface area contributed by atoms with E-state index in [-0.39, 0.29) is 30.6 Å². The second-order valence-corrected chi connectivity index (χ2v) is 5.42. The number of phenolic OH excluding ortho intramolecular Hbond substituents is 1. The van der Waals surface area contributed by atoms with E-state index in [0.29, 0.717) is 0 Å². The third-order valence-corrected chi connectivity index (χ3v) is 3.91. The van der Waals surface area contributed by atoms with Crippen LogP contribution in [0.2, 0.25) is 0 Å². The lowest BCUT2D eigenvalue weighted by Crippen LogP contribution is -2.45. The molecule has 0 radical (unpaired) electrons. The van der Waals surface area contributed by atoms with Crippen molar-refractivity contribution in [2.24, 2.45) is 0 Å². The molecule has 0 saturated carbocycles. The Hall–Kier alpha value is -0.910. The average Bonchev–Trinajstić information content (AvgIpc) is 2.37. The minimum atomic E-state index is -2.33. The van der Waals surface area contributed by atoms with Crippen LogP contribution in [-0.2, 0) is 0 Å². The zero-order chi connectivity index (χ0) is 14.7. The van der Waals surface area contributed by atoms with Gasteiger partial charge in [-0.1, -0.05) is 0 Å². The molecule has 0 bridgehead atoms. The fraction of sp³-hybridized carbons (Fsp3) is 0.600. The van der Waals surface area contributed by atoms with E-state index in [0.717, 1.165) is 42.9 Å². The molecule has 1 aliphatic heterocycles. The number of rotatable bonds is 4. The molecule has 1 fully saturated rings. The summed E-state index contributed by atoms with van der Waals surface area (Å²) >= 11 is 0. The molecule has 0 amide bonds. The van der Waals surface area contributed by atoms with Gasteiger partial charge in [0.05, 0.1) is 0 Å². The summed E-state index contributed by atoms with van der Waals surface area (Å²) < 4.78 is 26.0. The van der Waals surface area contributed by atoms with Crippen LogP contribution in [0.15, 0.2) is 12.1 Å². The molecule has 6 heteroatoms. The van der Waals surface area contributed by atoms with Crippen molar-refractivity contribution in [2.75, 3.05) is 26.2 Å². The van der Waals surface area contributed by atoms with E-state index in [9.17, 15) is 13.9 Å². The van der Waals surface area contributed by atoms with Crippen LogP contribution in [0.1, 0.15) is 29.2 Å². The maximum atomic E-state index is 13.0. The summed E-state index contributed by atoms with van der Waals surface area (Å²) in [5, 5.41) is 12.9. The minimum absolute atomic E-state index is 0. The lowest BCUT2D eigenvalue weighted by Gasteiger charge is -2.36. The maximum absolute atomic E-state index is 13.0. The van der Waals surface area contributed by atoms with Crippen molar-refractivity contribution in [1.29, 1.82) is 0 Å². The first kappa shape index (κ1) is 18.1. The van der Waals surface area contributed by atoms with Gasteiger partial charge in [-0.05, 0) is 42.7 Å². The van der Waals surface area contributed by atoms with Crippen LogP contribution >= 0.6 is 12.4 Å². The van der Waals surface area contributed by atoms with Gasteiger partial charge >= 0.3 is 0 Å². The second kappa shape index (κ2) is 7.92. The van der Waals surface area contributed by atoms with E-state index in [4.69, 9.17) is 0 Å². The van der Waals surface area contributed by atoms with Crippen LogP contribution in [0.3, 0.4) is 0 Å². The molecule has 2 N–H and O–H groups in total. The average molecular weight is 321 g/mol. The summed E-state index contributed by atoms with van der Waals surface area (Å²) in [6.07, 6.45) is -2.49. The Morgan fingerprint density at radius 3 is 2.19 bits per heavy atom. The Kier molecular flexibility index (Phi) is 6.84. The van der Waals surface area contributed by atoms with Crippen LogP contribution in [0.4, 0.5) is 8.78 Å². The van der Waals surface area contributed by atoms with E-state index in [2.05, 4.69) is 10.2 Å². The third kappa shape index (κ3) is 4.53. The Morgan fingerprint density at radius 2 is 1.71 bits per heavy atom. The van der Waals surface area contributed by atoms with Crippen molar-refractivity contribution < 1.29 is 13.9 Å². The van der Waals surface area contributed by atoms with Crippen LogP contribution in [-0.4, -0.2) is 42.6 Å². The molecule has 1 aromatic rings. The number of alkyl halides is 2. The van der Waals surface area contributed by atoms with Crippen LogP contribution < -0.4 is 5.32 Å². The number of piperazine rings is 1. The zero-order valence-corrected chi connectivity index (χ0v) is 13.2. The monoisotopic (exact) mass is 320 g/mol. The molecule has 1 atom stereocenters. The van der Waals surface area contributed by atoms with Gasteiger partial charge in [-0.25, -0.2) is 8.78 Å². The van der Waals surface area contributed by atoms with E-state index in [1.54, 1.807) is 12.1 Å². The molecule has 1 heterocycles. The number of hydrogen-bond acceptors (Lipinski definition) is 3. The highest BCUT2D eigenvalue weighted by molar-refractivity contribution is 5.85. The normalized spacial score (nSPS) is 17.6. The van der Waals surface area contributed by atoms with Gasteiger partial charge in [0, 0.05) is 38.6 Å². The fourth-order valence-electron chi connectivity index (χ4n) is 3.09. The summed E-state index contributed by atoms with van der Waals surface area (Å²) in [6.45, 7) is 6.96. The van der Waals surface area contributed by atoms with Gasteiger partial charge in [0.15, 0.2) is 0 Å². The van der Waals surface area contributed by atoms with Gasteiger partial charge in [-0.15, -0.1) is 12.4 Å². The van der Waals surface area contributed by atoms with Gasteiger partial charge < -0.3 is 10.4 Å². The van der Waals surface area contributed by atoms with Gasteiger partial charge in [0.2, 0.25) is 6.43 Å². The van der Waals surface area contributed by atoms with Crippen molar-refractivity contribution in [3.8, 4) is 5.75 Å². The highest BCUT2D eigenvalue weighted by atomic mass is 35.5. The molecule has 2 rings (SSSR count). The SMILES string of the molecule is Cc1cc(O)cc(C)c1[C@@H](CC(F)F)N1CCNCC1.Cl. The number of halogens is 3. The Labute approximate surface area is 130 Å². The molecule has 0 unspecified atom stereocenters. The van der Waals surface area contributed by atoms with Gasteiger partial charge in [-0.3, -0.25) is 4.90 Å². The van der Waals surface area contributed by atoms with Crippen LogP contribution in [0.25, 0.3) is 0 Å². The standard InChI is InChI=1S/C15H22F2N2O.ClH/c1-10-7-12(20)8-11(2)15(10)13(9-14(16)17)19-5-3-18-4-6-19;/h7-8,13-14,18,20H,3-6,9H2,1-2H3;1H/t13-;/m1./s1. The highest BCUT2D eigenvalue weighted by Crippen LogP contribution is 2.34. The maximum Gasteiger partial charge on any atom is 0.240 e. The summed E-state index contributed by atoms with van der Waals surface area (Å²) in [5.74, 6) is 0.194. The fourth-order valence-corrected chi connectivity index (χ4v) is 3.09. The molecule has 0 aromatic heterocycles. The molecule has 1 aromatic carbocycles. The first-order chi connectivity index (χ1) is 9.49. The van der Waals surface area contributed by atoms with E-state index in [1.807, 2.05) is 13.8 Å². The van der Waals surface area contributed by atoms with Crippen molar-refractivity contribution in [2.45, 2.75) is 32.7 Å². The lowest BCUT2D eigenvalue weighted by molar-refractivity contribution is 0.0734. The molecule has 1 aliphatic rings. The van der Waals surface area contributed by atoms with E-state index < -0.39 is 6.43 Å². The van der Waals surface area contributed by atoms with Crippen molar-refractivity contribution in [3.63, 3.8) is 0 Å². The number of nitrogens with zero attached hydrogens (tertiary/aromatic N) is 1. The van der Waals surface area contributed by atoms with Crippen molar-refractivity contribution in [1.82, 2.24) is 10.2 Å². The summed E-state index contributed by atoms with van der Waals surface area (Å²) in [6, 6.07) is 3.03. The molecular formula is C15H23ClF2N2O. The van der Waals surface area contributed by atoms with Gasteiger partial charge in [0.25, 0.3) is 0 Å². The van der Waals surface area contributed by atoms with Crippen molar-refractivity contribution in [3.05, 3.63) is 28.8 Å². The summed E-state index contributed by atoms with van der Waals surface area (Å²) in [7, 11) is 0. The van der Waals surface area contributed by atoms with E-state index in [1.165, 1.54) is 0 Å². The number of phenols is 1. The first-order valence-corrected chi connectivity index (χ1v) is 7.02. The molecular weight excluding hydrogens is 298 g/mol. The van der Waals surface area contributed by atoms with E-state index >= 15 is 0 Å². The van der Waals surface area contributed by atoms with Crippen LogP contribution in [0, 0.1) is 13.8 Å². The Bertz CT molecular complexity index is 442. The highest BCUT2D eigenvalue weighted by Gasteiger charge is 2.27. The minimum Gasteiger partial charge on any atom is -0.508 e. The molecule has 1 saturated heterocycles. The number of nitrogens with one attached hydrogen (secondary N) is 1. The smallest absolute Gasteiger partial charge is 0.240 e. The summed E-state index contributed by atoms with van der Waals surface area (Å²) in [5.41, 5.74) is 2.70. The Morgan fingerprint density at radius 1 is 1.19 bits per heavy atom. The zero-order valence-electron chi connectivity index (χ0n) is 12.4. The molecule has 21 heavy (non-hydrogen) atoms. The number of hydrogen-bond donors (Lipinski definition) is 2. The largest absolute Gasteiger partial charge is 0.508 e. The number of aromatic hydroxyl groups is 1. The predicted molar refractivity (Wildman–Crippen MR) is 82.6 cm³/mol. The topological polar surface area (TPSA) is 35.5 Å². The quantitative estimate of drug-likeness (QED) is 0.895. The number of benzene rings is 1. The first-order valence-electron chi connectivity index (χ1n) is 7.02.